The van der Waals surface area contributed by atoms with Crippen LogP contribution in [0.5, 0.6) is 0 Å². The molecule has 150 valence electrons. The van der Waals surface area contributed by atoms with Gasteiger partial charge in [-0.1, -0.05) is 31.4 Å². The highest BCUT2D eigenvalue weighted by Gasteiger charge is 2.25. The number of benzene rings is 1. The predicted molar refractivity (Wildman–Crippen MR) is 113 cm³/mol. The summed E-state index contributed by atoms with van der Waals surface area (Å²) in [4.78, 5) is 23.3. The molecule has 0 saturated heterocycles. The minimum atomic E-state index is -0.168. The van der Waals surface area contributed by atoms with Crippen molar-refractivity contribution in [2.24, 2.45) is 5.92 Å². The zero-order valence-electron chi connectivity index (χ0n) is 17.1. The molecule has 1 saturated carbocycles. The van der Waals surface area contributed by atoms with E-state index in [0.717, 1.165) is 22.8 Å². The molecule has 1 fully saturated rings. The van der Waals surface area contributed by atoms with E-state index in [1.807, 2.05) is 37.3 Å². The first-order valence-corrected chi connectivity index (χ1v) is 10.1. The van der Waals surface area contributed by atoms with Gasteiger partial charge >= 0.3 is 6.03 Å². The Bertz CT molecular complexity index is 786. The Labute approximate surface area is 167 Å². The number of carbonyl (C=O) groups is 1. The van der Waals surface area contributed by atoms with E-state index in [0.29, 0.717) is 18.5 Å². The van der Waals surface area contributed by atoms with Crippen LogP contribution in [0.3, 0.4) is 0 Å². The summed E-state index contributed by atoms with van der Waals surface area (Å²) in [5.41, 5.74) is 2.56. The van der Waals surface area contributed by atoms with Gasteiger partial charge in [-0.3, -0.25) is 0 Å². The van der Waals surface area contributed by atoms with Crippen LogP contribution >= 0.6 is 0 Å². The van der Waals surface area contributed by atoms with Crippen molar-refractivity contribution in [3.05, 3.63) is 42.4 Å². The van der Waals surface area contributed by atoms with Crippen LogP contribution in [0.15, 0.2) is 36.5 Å². The molecule has 2 N–H and O–H groups in total. The first kappa shape index (κ1) is 20.3. The van der Waals surface area contributed by atoms with Crippen LogP contribution in [0.2, 0.25) is 0 Å². The van der Waals surface area contributed by atoms with E-state index in [-0.39, 0.29) is 6.03 Å². The number of nitrogens with one attached hydrogen (secondary N) is 2. The van der Waals surface area contributed by atoms with Gasteiger partial charge in [0.1, 0.15) is 5.82 Å². The zero-order chi connectivity index (χ0) is 19.9. The van der Waals surface area contributed by atoms with Crippen LogP contribution in [0, 0.1) is 12.8 Å². The van der Waals surface area contributed by atoms with Crippen molar-refractivity contribution in [2.75, 3.05) is 26.0 Å². The molecule has 3 rings (SSSR count). The number of aromatic nitrogens is 2. The summed E-state index contributed by atoms with van der Waals surface area (Å²) in [6, 6.07) is 9.81. The number of nitrogens with zero attached hydrogens (tertiary/aromatic N) is 3. The Kier molecular flexibility index (Phi) is 6.98. The standard InChI is InChI=1S/C22H31N5O/c1-16-23-13-12-20(25-16)18-10-7-11-19(14-18)26-22(28)24-15-21(27(2)3)17-8-5-4-6-9-17/h7,10-14,17,21H,4-6,8-9,15H2,1-3H3,(H2,24,26,28)/t21-/m0/s1. The fourth-order valence-electron chi connectivity index (χ4n) is 4.04. The Balaban J connectivity index is 1.59. The van der Waals surface area contributed by atoms with Crippen molar-refractivity contribution in [3.63, 3.8) is 0 Å². The molecule has 0 spiro atoms. The molecule has 1 aromatic carbocycles. The average Bonchev–Trinajstić information content (AvgIpc) is 2.69. The zero-order valence-corrected chi connectivity index (χ0v) is 17.1. The third-order valence-corrected chi connectivity index (χ3v) is 5.52. The molecule has 28 heavy (non-hydrogen) atoms. The number of aryl methyl sites for hydroxylation is 1. The third-order valence-electron chi connectivity index (χ3n) is 5.52. The van der Waals surface area contributed by atoms with Gasteiger partial charge in [0.25, 0.3) is 0 Å². The molecular weight excluding hydrogens is 350 g/mol. The van der Waals surface area contributed by atoms with Gasteiger partial charge in [-0.15, -0.1) is 0 Å². The minimum absolute atomic E-state index is 0.168. The maximum Gasteiger partial charge on any atom is 0.319 e. The smallest absolute Gasteiger partial charge is 0.319 e. The van der Waals surface area contributed by atoms with Crippen LogP contribution in [-0.4, -0.2) is 47.6 Å². The Morgan fingerprint density at radius 1 is 1.21 bits per heavy atom. The van der Waals surface area contributed by atoms with Gasteiger partial charge in [-0.05, 0) is 58.0 Å². The van der Waals surface area contributed by atoms with E-state index in [1.165, 1.54) is 32.1 Å². The number of rotatable bonds is 6. The molecule has 6 nitrogen and oxygen atoms in total. The molecule has 0 unspecified atom stereocenters. The van der Waals surface area contributed by atoms with Crippen molar-refractivity contribution < 1.29 is 4.79 Å². The topological polar surface area (TPSA) is 70.2 Å². The Hall–Kier alpha value is -2.47. The van der Waals surface area contributed by atoms with Crippen LogP contribution in [-0.2, 0) is 0 Å². The summed E-state index contributed by atoms with van der Waals surface area (Å²) in [5.74, 6) is 1.39. The molecule has 2 aromatic rings. The molecule has 6 heteroatoms. The first-order valence-electron chi connectivity index (χ1n) is 10.1. The summed E-state index contributed by atoms with van der Waals surface area (Å²) in [5, 5.41) is 6.01. The highest BCUT2D eigenvalue weighted by molar-refractivity contribution is 5.90. The molecule has 1 aromatic heterocycles. The largest absolute Gasteiger partial charge is 0.336 e. The minimum Gasteiger partial charge on any atom is -0.336 e. The second-order valence-electron chi connectivity index (χ2n) is 7.83. The van der Waals surface area contributed by atoms with Gasteiger partial charge in [-0.2, -0.15) is 0 Å². The fourth-order valence-corrected chi connectivity index (χ4v) is 4.04. The number of carbonyl (C=O) groups excluding carboxylic acids is 1. The van der Waals surface area contributed by atoms with Gasteiger partial charge in [0.2, 0.25) is 0 Å². The number of hydrogen-bond acceptors (Lipinski definition) is 4. The van der Waals surface area contributed by atoms with Crippen LogP contribution < -0.4 is 10.6 Å². The summed E-state index contributed by atoms with van der Waals surface area (Å²) in [7, 11) is 4.21. The van der Waals surface area contributed by atoms with E-state index in [2.05, 4.69) is 39.6 Å². The molecule has 2 amide bonds. The maximum absolute atomic E-state index is 12.5. The van der Waals surface area contributed by atoms with Crippen molar-refractivity contribution in [2.45, 2.75) is 45.1 Å². The molecule has 1 atom stereocenters. The number of amides is 2. The molecule has 0 aliphatic heterocycles. The number of anilines is 1. The average molecular weight is 382 g/mol. The number of urea groups is 1. The number of likely N-dealkylation sites (N-methyl/N-ethyl adjacent to an activating group) is 1. The van der Waals surface area contributed by atoms with Gasteiger partial charge in [0.05, 0.1) is 5.69 Å². The summed E-state index contributed by atoms with van der Waals surface area (Å²) in [6.07, 6.45) is 8.20. The predicted octanol–water partition coefficient (Wildman–Crippen LogP) is 4.08. The highest BCUT2D eigenvalue weighted by atomic mass is 16.2. The summed E-state index contributed by atoms with van der Waals surface area (Å²) < 4.78 is 0. The normalized spacial score (nSPS) is 16.0. The highest BCUT2D eigenvalue weighted by Crippen LogP contribution is 2.28. The van der Waals surface area contributed by atoms with Crippen molar-refractivity contribution in [1.82, 2.24) is 20.2 Å². The van der Waals surface area contributed by atoms with Gasteiger partial charge in [0.15, 0.2) is 0 Å². The monoisotopic (exact) mass is 381 g/mol. The lowest BCUT2D eigenvalue weighted by molar-refractivity contribution is 0.167. The van der Waals surface area contributed by atoms with E-state index in [1.54, 1.807) is 6.20 Å². The third kappa shape index (κ3) is 5.52. The summed E-state index contributed by atoms with van der Waals surface area (Å²) in [6.45, 7) is 2.53. The first-order chi connectivity index (χ1) is 13.5. The van der Waals surface area contributed by atoms with Crippen LogP contribution in [0.1, 0.15) is 37.9 Å². The number of hydrogen-bond donors (Lipinski definition) is 2. The lowest BCUT2D eigenvalue weighted by Gasteiger charge is -2.34. The van der Waals surface area contributed by atoms with E-state index in [4.69, 9.17) is 0 Å². The van der Waals surface area contributed by atoms with E-state index in [9.17, 15) is 4.79 Å². The Morgan fingerprint density at radius 3 is 2.71 bits per heavy atom. The lowest BCUT2D eigenvalue weighted by atomic mass is 9.83. The van der Waals surface area contributed by atoms with Crippen molar-refractivity contribution in [3.8, 4) is 11.3 Å². The van der Waals surface area contributed by atoms with Crippen molar-refractivity contribution in [1.29, 1.82) is 0 Å². The molecule has 0 bridgehead atoms. The van der Waals surface area contributed by atoms with E-state index >= 15 is 0 Å². The van der Waals surface area contributed by atoms with Gasteiger partial charge in [0, 0.05) is 30.0 Å². The van der Waals surface area contributed by atoms with Gasteiger partial charge < -0.3 is 15.5 Å². The fraction of sp³-hybridized carbons (Fsp3) is 0.500. The second-order valence-corrected chi connectivity index (χ2v) is 7.83. The molecule has 1 aliphatic rings. The molecule has 1 aliphatic carbocycles. The molecule has 1 heterocycles. The van der Waals surface area contributed by atoms with Gasteiger partial charge in [-0.25, -0.2) is 14.8 Å². The van der Waals surface area contributed by atoms with Crippen LogP contribution in [0.25, 0.3) is 11.3 Å². The van der Waals surface area contributed by atoms with Crippen molar-refractivity contribution >= 4 is 11.7 Å². The Morgan fingerprint density at radius 2 is 2.00 bits per heavy atom. The quantitative estimate of drug-likeness (QED) is 0.791. The lowest BCUT2D eigenvalue weighted by Crippen LogP contribution is -2.46. The summed E-state index contributed by atoms with van der Waals surface area (Å²) >= 11 is 0. The SMILES string of the molecule is Cc1nccc(-c2cccc(NC(=O)NC[C@@H](C3CCCCC3)N(C)C)c2)n1. The second kappa shape index (κ2) is 9.64. The maximum atomic E-state index is 12.5. The molecular formula is C22H31N5O. The van der Waals surface area contributed by atoms with E-state index < -0.39 is 0 Å². The van der Waals surface area contributed by atoms with Crippen LogP contribution in [0.4, 0.5) is 10.5 Å². The molecule has 0 radical (unpaired) electrons.